The van der Waals surface area contributed by atoms with E-state index >= 15 is 0 Å². The number of fused-ring (bicyclic) bond motifs is 1. The summed E-state index contributed by atoms with van der Waals surface area (Å²) >= 11 is 0. The number of hydrogen-bond acceptors (Lipinski definition) is 2. The van der Waals surface area contributed by atoms with E-state index in [0.717, 1.165) is 43.9 Å². The fourth-order valence-corrected chi connectivity index (χ4v) is 5.65. The molecule has 0 bridgehead atoms. The van der Waals surface area contributed by atoms with E-state index in [4.69, 9.17) is 4.52 Å². The predicted molar refractivity (Wildman–Crippen MR) is 97.6 cm³/mol. The Hall–Kier alpha value is -1.83. The van der Waals surface area contributed by atoms with Gasteiger partial charge in [-0.25, -0.2) is 0 Å². The van der Waals surface area contributed by atoms with Crippen LogP contribution in [0.1, 0.15) is 22.4 Å². The molecule has 0 spiro atoms. The summed E-state index contributed by atoms with van der Waals surface area (Å²) < 4.78 is 19.5. The smallest absolute Gasteiger partial charge is 0.263 e. The Morgan fingerprint density at radius 1 is 0.913 bits per heavy atom. The van der Waals surface area contributed by atoms with E-state index < -0.39 is 7.37 Å². The van der Waals surface area contributed by atoms with Gasteiger partial charge in [-0.1, -0.05) is 28.8 Å². The van der Waals surface area contributed by atoms with Gasteiger partial charge in [-0.05, 0) is 52.0 Å². The third-order valence-corrected chi connectivity index (χ3v) is 6.82. The van der Waals surface area contributed by atoms with Crippen LogP contribution in [0, 0.1) is 27.7 Å². The van der Waals surface area contributed by atoms with E-state index in [-0.39, 0.29) is 0 Å². The highest BCUT2D eigenvalue weighted by atomic mass is 31.2. The van der Waals surface area contributed by atoms with Gasteiger partial charge in [-0.2, -0.15) is 0 Å². The molecule has 0 aliphatic carbocycles. The Morgan fingerprint density at radius 2 is 1.57 bits per heavy atom. The molecule has 1 unspecified atom stereocenters. The van der Waals surface area contributed by atoms with Crippen LogP contribution in [0.4, 0.5) is 0 Å². The first kappa shape index (κ1) is 16.0. The van der Waals surface area contributed by atoms with Gasteiger partial charge in [0.1, 0.15) is 0 Å². The highest BCUT2D eigenvalue weighted by Crippen LogP contribution is 2.47. The Kier molecular flexibility index (Phi) is 3.95. The van der Waals surface area contributed by atoms with E-state index in [1.165, 1.54) is 7.11 Å². The van der Waals surface area contributed by atoms with Gasteiger partial charge >= 0.3 is 0 Å². The average Bonchev–Trinajstić information content (AvgIpc) is 2.81. The zero-order valence-electron chi connectivity index (χ0n) is 14.2. The number of aromatic amines is 1. The number of H-pyrrole nitrogens is 1. The van der Waals surface area contributed by atoms with Crippen LogP contribution in [-0.2, 0) is 9.09 Å². The minimum Gasteiger partial charge on any atom is -0.358 e. The topological polar surface area (TPSA) is 42.1 Å². The van der Waals surface area contributed by atoms with Gasteiger partial charge in [0.05, 0.1) is 5.30 Å². The maximum absolute atomic E-state index is 13.9. The Balaban J connectivity index is 2.35. The molecule has 0 fully saturated rings. The summed E-state index contributed by atoms with van der Waals surface area (Å²) in [4.78, 5) is 3.34. The predicted octanol–water partition coefficient (Wildman–Crippen LogP) is 4.28. The normalized spacial score (nSPS) is 14.1. The second-order valence-electron chi connectivity index (χ2n) is 6.23. The minimum absolute atomic E-state index is 0.753. The Morgan fingerprint density at radius 3 is 2.17 bits per heavy atom. The molecule has 0 aliphatic rings. The van der Waals surface area contributed by atoms with Crippen molar-refractivity contribution in [2.24, 2.45) is 0 Å². The van der Waals surface area contributed by atoms with E-state index in [0.29, 0.717) is 0 Å². The molecule has 1 aromatic heterocycles. The number of hydrogen-bond donors (Lipinski definition) is 1. The van der Waals surface area contributed by atoms with Crippen molar-refractivity contribution in [3.8, 4) is 0 Å². The van der Waals surface area contributed by atoms with E-state index in [1.54, 1.807) is 0 Å². The number of benzene rings is 2. The van der Waals surface area contributed by atoms with Crippen molar-refractivity contribution in [1.82, 2.24) is 4.98 Å². The van der Waals surface area contributed by atoms with Crippen LogP contribution < -0.4 is 10.6 Å². The third-order valence-electron chi connectivity index (χ3n) is 4.21. The van der Waals surface area contributed by atoms with Gasteiger partial charge < -0.3 is 9.51 Å². The summed E-state index contributed by atoms with van der Waals surface area (Å²) in [6.45, 7) is 8.03. The number of nitrogens with one attached hydrogen (secondary N) is 1. The molecule has 23 heavy (non-hydrogen) atoms. The van der Waals surface area contributed by atoms with Crippen molar-refractivity contribution in [2.45, 2.75) is 27.7 Å². The van der Waals surface area contributed by atoms with Crippen LogP contribution in [0.15, 0.2) is 36.4 Å². The molecule has 1 atom stereocenters. The molecule has 120 valence electrons. The lowest BCUT2D eigenvalue weighted by Crippen LogP contribution is -2.19. The summed E-state index contributed by atoms with van der Waals surface area (Å²) in [5.41, 5.74) is 5.21. The minimum atomic E-state index is -3.15. The summed E-state index contributed by atoms with van der Waals surface area (Å²) in [7, 11) is -1.61. The summed E-state index contributed by atoms with van der Waals surface area (Å²) in [6.07, 6.45) is 0. The second kappa shape index (κ2) is 5.67. The zero-order chi connectivity index (χ0) is 16.8. The fraction of sp³-hybridized carbons (Fsp3) is 0.263. The highest BCUT2D eigenvalue weighted by molar-refractivity contribution is 7.74. The quantitative estimate of drug-likeness (QED) is 0.730. The molecular weight excluding hydrogens is 305 g/mol. The molecule has 4 heteroatoms. The van der Waals surface area contributed by atoms with Gasteiger partial charge in [-0.3, -0.25) is 4.57 Å². The second-order valence-corrected chi connectivity index (χ2v) is 8.66. The van der Waals surface area contributed by atoms with Crippen LogP contribution in [0.3, 0.4) is 0 Å². The van der Waals surface area contributed by atoms with Crippen molar-refractivity contribution < 1.29 is 9.09 Å². The summed E-state index contributed by atoms with van der Waals surface area (Å²) in [6, 6.07) is 12.2. The van der Waals surface area contributed by atoms with E-state index in [1.807, 2.05) is 45.9 Å². The molecule has 2 aromatic carbocycles. The highest BCUT2D eigenvalue weighted by Gasteiger charge is 2.32. The number of aromatic nitrogens is 1. The molecule has 3 aromatic rings. The number of rotatable bonds is 3. The lowest BCUT2D eigenvalue weighted by molar-refractivity contribution is 0.412. The molecule has 0 saturated carbocycles. The van der Waals surface area contributed by atoms with Gasteiger partial charge in [0.15, 0.2) is 0 Å². The van der Waals surface area contributed by atoms with Crippen molar-refractivity contribution in [3.63, 3.8) is 0 Å². The zero-order valence-corrected chi connectivity index (χ0v) is 15.1. The van der Waals surface area contributed by atoms with Gasteiger partial charge in [0.25, 0.3) is 7.37 Å². The Bertz CT molecular complexity index is 920. The molecule has 0 saturated heterocycles. The Labute approximate surface area is 137 Å². The SMILES string of the molecule is COP(=O)(c1cc(C)cc(C)c1)c1c(C)[nH]c2ccc(C)cc12. The molecule has 0 aliphatic heterocycles. The fourth-order valence-electron chi connectivity index (χ4n) is 3.25. The average molecular weight is 327 g/mol. The molecule has 3 rings (SSSR count). The van der Waals surface area contributed by atoms with Gasteiger partial charge in [0, 0.05) is 29.0 Å². The van der Waals surface area contributed by atoms with Crippen LogP contribution in [0.25, 0.3) is 10.9 Å². The lowest BCUT2D eigenvalue weighted by Gasteiger charge is -2.18. The van der Waals surface area contributed by atoms with E-state index in [2.05, 4.69) is 23.2 Å². The summed E-state index contributed by atoms with van der Waals surface area (Å²) in [5, 5.41) is 2.51. The molecular formula is C19H22NO2P. The van der Waals surface area contributed by atoms with Gasteiger partial charge in [-0.15, -0.1) is 0 Å². The van der Waals surface area contributed by atoms with Crippen LogP contribution in [0.2, 0.25) is 0 Å². The lowest BCUT2D eigenvalue weighted by atomic mass is 10.2. The molecule has 3 nitrogen and oxygen atoms in total. The number of aryl methyl sites for hydroxylation is 4. The van der Waals surface area contributed by atoms with Crippen molar-refractivity contribution >= 4 is 28.9 Å². The van der Waals surface area contributed by atoms with E-state index in [9.17, 15) is 4.57 Å². The van der Waals surface area contributed by atoms with Crippen molar-refractivity contribution in [3.05, 3.63) is 58.8 Å². The van der Waals surface area contributed by atoms with Crippen molar-refractivity contribution in [2.75, 3.05) is 7.11 Å². The molecule has 1 heterocycles. The maximum Gasteiger partial charge on any atom is 0.263 e. The largest absolute Gasteiger partial charge is 0.358 e. The molecule has 0 radical (unpaired) electrons. The van der Waals surface area contributed by atoms with Crippen LogP contribution in [0.5, 0.6) is 0 Å². The molecule has 0 amide bonds. The first-order valence-corrected chi connectivity index (χ1v) is 9.32. The first-order chi connectivity index (χ1) is 10.8. The van der Waals surface area contributed by atoms with Crippen LogP contribution in [-0.4, -0.2) is 12.1 Å². The standard InChI is InChI=1S/C19H22NO2P/c1-12-6-7-18-17(11-12)19(15(4)20-18)23(21,22-5)16-9-13(2)8-14(3)10-16/h6-11,20H,1-5H3. The maximum atomic E-state index is 13.9. The molecule has 1 N–H and O–H groups in total. The van der Waals surface area contributed by atoms with Crippen molar-refractivity contribution in [1.29, 1.82) is 0 Å². The first-order valence-electron chi connectivity index (χ1n) is 7.69. The summed E-state index contributed by atoms with van der Waals surface area (Å²) in [5.74, 6) is 0. The third kappa shape index (κ3) is 2.65. The monoisotopic (exact) mass is 327 g/mol. The van der Waals surface area contributed by atoms with Crippen LogP contribution >= 0.6 is 7.37 Å². The van der Waals surface area contributed by atoms with Gasteiger partial charge in [0.2, 0.25) is 0 Å².